The number of nitrogens with one attached hydrogen (secondary N) is 3. The van der Waals surface area contributed by atoms with Crippen molar-refractivity contribution in [1.82, 2.24) is 15.3 Å². The molecule has 0 aliphatic carbocycles. The van der Waals surface area contributed by atoms with Crippen molar-refractivity contribution in [2.45, 2.75) is 11.8 Å². The minimum absolute atomic E-state index is 0.0128. The number of benzene rings is 2. The summed E-state index contributed by atoms with van der Waals surface area (Å²) in [4.78, 5) is 8.37. The Morgan fingerprint density at radius 1 is 1.09 bits per heavy atom. The first-order chi connectivity index (χ1) is 15.6. The molecule has 3 rings (SSSR count). The zero-order valence-corrected chi connectivity index (χ0v) is 19.7. The molecule has 1 aromatic heterocycles. The summed E-state index contributed by atoms with van der Waals surface area (Å²) < 4.78 is 55.0. The number of likely N-dealkylation sites (N-methyl/N-ethyl adjacent to an activating group) is 2. The summed E-state index contributed by atoms with van der Waals surface area (Å²) in [5.74, 6) is -2.17. The average Bonchev–Trinajstić information content (AvgIpc) is 2.76. The van der Waals surface area contributed by atoms with Crippen LogP contribution in [-0.4, -0.2) is 45.6 Å². The van der Waals surface area contributed by atoms with Crippen molar-refractivity contribution in [2.75, 3.05) is 42.1 Å². The molecule has 0 aliphatic rings. The number of aryl methyl sites for hydroxylation is 1. The average molecular weight is 497 g/mol. The number of hydrogen-bond donors (Lipinski definition) is 3. The molecule has 0 atom stereocenters. The number of halogens is 3. The maximum Gasteiger partial charge on any atom is 0.267 e. The lowest BCUT2D eigenvalue weighted by molar-refractivity contribution is 0.570. The lowest BCUT2D eigenvalue weighted by Gasteiger charge is -2.24. The molecule has 0 amide bonds. The van der Waals surface area contributed by atoms with Crippen LogP contribution in [0.1, 0.15) is 5.56 Å². The van der Waals surface area contributed by atoms with Crippen LogP contribution in [0, 0.1) is 18.6 Å². The monoisotopic (exact) mass is 496 g/mol. The molecule has 0 spiro atoms. The molecular formula is C21H23ClF2N6O2S. The first-order valence-electron chi connectivity index (χ1n) is 9.83. The van der Waals surface area contributed by atoms with Crippen LogP contribution in [0.3, 0.4) is 0 Å². The van der Waals surface area contributed by atoms with E-state index < -0.39 is 32.5 Å². The SMILES string of the molecule is CNCCN(C)c1cc(C)ccc1Nc1cc(F)c(S(=O)(=O)Nc2ncc(F)cn2)cc1Cl. The van der Waals surface area contributed by atoms with Crippen LogP contribution in [0.2, 0.25) is 5.02 Å². The second kappa shape index (κ2) is 10.3. The summed E-state index contributed by atoms with van der Waals surface area (Å²) in [5, 5.41) is 6.16. The maximum absolute atomic E-state index is 14.8. The Labute approximate surface area is 196 Å². The topological polar surface area (TPSA) is 99.2 Å². The zero-order valence-electron chi connectivity index (χ0n) is 18.2. The standard InChI is InChI=1S/C21H23ClF2N6O2S/c1-13-4-5-17(19(8-13)30(3)7-6-25-2)28-18-10-16(24)20(9-15(18)22)33(31,32)29-21-26-11-14(23)12-27-21/h4-5,8-12,25,28H,6-7H2,1-3H3,(H,26,27,29). The molecule has 0 saturated carbocycles. The van der Waals surface area contributed by atoms with Crippen molar-refractivity contribution >= 4 is 44.6 Å². The summed E-state index contributed by atoms with van der Waals surface area (Å²) in [6.45, 7) is 3.45. The molecule has 8 nitrogen and oxygen atoms in total. The van der Waals surface area contributed by atoms with Gasteiger partial charge >= 0.3 is 0 Å². The second-order valence-corrected chi connectivity index (χ2v) is 9.32. The largest absolute Gasteiger partial charge is 0.372 e. The van der Waals surface area contributed by atoms with Crippen LogP contribution in [-0.2, 0) is 10.0 Å². The highest BCUT2D eigenvalue weighted by Crippen LogP contribution is 2.34. The number of sulfonamides is 1. The van der Waals surface area contributed by atoms with Crippen LogP contribution in [0.5, 0.6) is 0 Å². The highest BCUT2D eigenvalue weighted by atomic mass is 35.5. The highest BCUT2D eigenvalue weighted by molar-refractivity contribution is 7.92. The number of aromatic nitrogens is 2. The summed E-state index contributed by atoms with van der Waals surface area (Å²) >= 11 is 6.30. The summed E-state index contributed by atoms with van der Waals surface area (Å²) in [6, 6.07) is 7.71. The molecule has 0 radical (unpaired) electrons. The predicted molar refractivity (Wildman–Crippen MR) is 126 cm³/mol. The molecule has 0 fully saturated rings. The third-order valence-corrected chi connectivity index (χ3v) is 6.34. The molecule has 176 valence electrons. The normalized spacial score (nSPS) is 11.3. The Kier molecular flexibility index (Phi) is 7.67. The fourth-order valence-corrected chi connectivity index (χ4v) is 4.30. The van der Waals surface area contributed by atoms with E-state index in [1.807, 2.05) is 48.8 Å². The molecule has 33 heavy (non-hydrogen) atoms. The minimum atomic E-state index is -4.41. The van der Waals surface area contributed by atoms with E-state index in [4.69, 9.17) is 11.6 Å². The van der Waals surface area contributed by atoms with E-state index in [9.17, 15) is 17.2 Å². The lowest BCUT2D eigenvalue weighted by atomic mass is 10.1. The highest BCUT2D eigenvalue weighted by Gasteiger charge is 2.23. The molecule has 12 heteroatoms. The van der Waals surface area contributed by atoms with Crippen LogP contribution in [0.4, 0.5) is 31.8 Å². The molecule has 0 saturated heterocycles. The fraction of sp³-hybridized carbons (Fsp3) is 0.238. The van der Waals surface area contributed by atoms with E-state index in [-0.39, 0.29) is 10.7 Å². The van der Waals surface area contributed by atoms with E-state index in [0.717, 1.165) is 48.9 Å². The van der Waals surface area contributed by atoms with Crippen molar-refractivity contribution in [3.63, 3.8) is 0 Å². The number of nitrogens with zero attached hydrogens (tertiary/aromatic N) is 3. The van der Waals surface area contributed by atoms with Crippen LogP contribution in [0.15, 0.2) is 47.6 Å². The van der Waals surface area contributed by atoms with Crippen molar-refractivity contribution < 1.29 is 17.2 Å². The number of rotatable bonds is 9. The van der Waals surface area contributed by atoms with Crippen molar-refractivity contribution in [3.05, 3.63) is 64.9 Å². The Morgan fingerprint density at radius 2 is 1.79 bits per heavy atom. The first-order valence-corrected chi connectivity index (χ1v) is 11.7. The van der Waals surface area contributed by atoms with Crippen molar-refractivity contribution in [2.24, 2.45) is 0 Å². The van der Waals surface area contributed by atoms with Gasteiger partial charge in [-0.3, -0.25) is 0 Å². The van der Waals surface area contributed by atoms with Gasteiger partial charge < -0.3 is 15.5 Å². The summed E-state index contributed by atoms with van der Waals surface area (Å²) in [5.41, 5.74) is 2.78. The molecule has 3 N–H and O–H groups in total. The van der Waals surface area contributed by atoms with Crippen molar-refractivity contribution in [1.29, 1.82) is 0 Å². The van der Waals surface area contributed by atoms with Crippen LogP contribution >= 0.6 is 11.6 Å². The van der Waals surface area contributed by atoms with Crippen molar-refractivity contribution in [3.8, 4) is 0 Å². The third kappa shape index (κ3) is 6.06. The van der Waals surface area contributed by atoms with E-state index in [0.29, 0.717) is 5.69 Å². The maximum atomic E-state index is 14.8. The Morgan fingerprint density at radius 3 is 2.45 bits per heavy atom. The number of hydrogen-bond acceptors (Lipinski definition) is 7. The van der Waals surface area contributed by atoms with Gasteiger partial charge in [-0.2, -0.15) is 0 Å². The van der Waals surface area contributed by atoms with Gasteiger partial charge in [0.15, 0.2) is 5.82 Å². The third-order valence-electron chi connectivity index (χ3n) is 4.69. The molecule has 3 aromatic rings. The van der Waals surface area contributed by atoms with Gasteiger partial charge in [0.2, 0.25) is 5.95 Å². The van der Waals surface area contributed by atoms with Gasteiger partial charge in [-0.25, -0.2) is 31.9 Å². The molecular weight excluding hydrogens is 474 g/mol. The number of anilines is 4. The van der Waals surface area contributed by atoms with Gasteiger partial charge in [-0.05, 0) is 37.7 Å². The predicted octanol–water partition coefficient (Wildman–Crippen LogP) is 3.92. The smallest absolute Gasteiger partial charge is 0.267 e. The van der Waals surface area contributed by atoms with E-state index in [2.05, 4.69) is 20.6 Å². The second-order valence-electron chi connectivity index (χ2n) is 7.26. The molecule has 0 aliphatic heterocycles. The van der Waals surface area contributed by atoms with E-state index in [1.165, 1.54) is 0 Å². The van der Waals surface area contributed by atoms with Crippen LogP contribution in [0.25, 0.3) is 0 Å². The summed E-state index contributed by atoms with van der Waals surface area (Å²) in [7, 11) is -0.618. The van der Waals surface area contributed by atoms with Gasteiger partial charge in [-0.1, -0.05) is 17.7 Å². The molecule has 0 bridgehead atoms. The van der Waals surface area contributed by atoms with Gasteiger partial charge in [0, 0.05) is 26.2 Å². The quantitative estimate of drug-likeness (QED) is 0.413. The van der Waals surface area contributed by atoms with Gasteiger partial charge in [0.05, 0.1) is 34.5 Å². The summed E-state index contributed by atoms with van der Waals surface area (Å²) in [6.07, 6.45) is 1.57. The Balaban J connectivity index is 1.90. The van der Waals surface area contributed by atoms with Gasteiger partial charge in [-0.15, -0.1) is 0 Å². The van der Waals surface area contributed by atoms with E-state index in [1.54, 1.807) is 0 Å². The minimum Gasteiger partial charge on any atom is -0.372 e. The van der Waals surface area contributed by atoms with Gasteiger partial charge in [0.25, 0.3) is 10.0 Å². The molecule has 1 heterocycles. The molecule has 0 unspecified atom stereocenters. The fourth-order valence-electron chi connectivity index (χ4n) is 2.98. The van der Waals surface area contributed by atoms with Crippen LogP contribution < -0.4 is 20.3 Å². The lowest BCUT2D eigenvalue weighted by Crippen LogP contribution is -2.27. The first kappa shape index (κ1) is 24.6. The van der Waals surface area contributed by atoms with Gasteiger partial charge in [0.1, 0.15) is 10.7 Å². The van der Waals surface area contributed by atoms with E-state index >= 15 is 0 Å². The Hall–Kier alpha value is -3.02. The zero-order chi connectivity index (χ0) is 24.2. The molecule has 2 aromatic carbocycles. The Bertz CT molecular complexity index is 1240.